The van der Waals surface area contributed by atoms with E-state index in [1.807, 2.05) is 36.4 Å². The van der Waals surface area contributed by atoms with Crippen LogP contribution >= 0.6 is 11.6 Å². The molecule has 0 unspecified atom stereocenters. The third-order valence-electron chi connectivity index (χ3n) is 8.82. The number of nitrogens with zero attached hydrogens (tertiary/aromatic N) is 3. The molecule has 0 fully saturated rings. The van der Waals surface area contributed by atoms with Gasteiger partial charge < -0.3 is 29.7 Å². The van der Waals surface area contributed by atoms with Gasteiger partial charge in [-0.2, -0.15) is 4.98 Å². The molecular formula is C36H38ClN5O6. The number of methoxy groups -OCH3 is 2. The first kappa shape index (κ1) is 33.2. The van der Waals surface area contributed by atoms with Crippen LogP contribution in [0, 0.1) is 0 Å². The molecule has 2 aliphatic rings. The van der Waals surface area contributed by atoms with Gasteiger partial charge in [0.1, 0.15) is 17.5 Å². The highest BCUT2D eigenvalue weighted by atomic mass is 35.5. The number of aliphatic imine (C=N–C) groups is 1. The lowest BCUT2D eigenvalue weighted by Crippen LogP contribution is -2.52. The van der Waals surface area contributed by atoms with E-state index < -0.39 is 18.1 Å². The molecule has 4 N–H and O–H groups in total. The van der Waals surface area contributed by atoms with Crippen LogP contribution in [0.15, 0.2) is 65.7 Å². The molecule has 11 nitrogen and oxygen atoms in total. The van der Waals surface area contributed by atoms with Crippen LogP contribution in [-0.4, -0.2) is 70.9 Å². The molecule has 1 aliphatic carbocycles. The first-order valence-corrected chi connectivity index (χ1v) is 16.1. The Balaban J connectivity index is 1.24. The minimum Gasteiger partial charge on any atom is -0.481 e. The quantitative estimate of drug-likeness (QED) is 0.158. The predicted molar refractivity (Wildman–Crippen MR) is 183 cm³/mol. The molecule has 3 heterocycles. The van der Waals surface area contributed by atoms with Crippen LogP contribution in [0.1, 0.15) is 48.6 Å². The highest BCUT2D eigenvalue weighted by Crippen LogP contribution is 2.44. The maximum Gasteiger partial charge on any atom is 0.326 e. The monoisotopic (exact) mass is 671 g/mol. The molecule has 0 spiro atoms. The number of hydrogen-bond donors (Lipinski definition) is 4. The van der Waals surface area contributed by atoms with E-state index in [9.17, 15) is 15.0 Å². The first-order chi connectivity index (χ1) is 23.1. The predicted octanol–water partition coefficient (Wildman–Crippen LogP) is 5.21. The molecule has 0 radical (unpaired) electrons. The zero-order valence-corrected chi connectivity index (χ0v) is 28.0. The number of fused-ring (bicyclic) bond motifs is 1. The Labute approximate surface area is 284 Å². The van der Waals surface area contributed by atoms with Gasteiger partial charge in [0, 0.05) is 35.3 Å². The summed E-state index contributed by atoms with van der Waals surface area (Å²) in [6.45, 7) is 3.77. The Morgan fingerprint density at radius 1 is 1.00 bits per heavy atom. The second kappa shape index (κ2) is 13.8. The summed E-state index contributed by atoms with van der Waals surface area (Å²) in [4.78, 5) is 25.5. The van der Waals surface area contributed by atoms with Crippen LogP contribution < -0.4 is 24.8 Å². The number of aliphatic hydroxyl groups excluding tert-OH is 1. The Morgan fingerprint density at radius 2 is 1.75 bits per heavy atom. The standard InChI is InChI=1S/C36H38ClN5O6/c1-20-17-38-32(40-20)27-12-14-28(41-34(27)47-4)26-10-6-9-25(31(26)37)22-7-5-8-24-23(22)13-15-29(24)48-30-16-11-21(33(42-30)46-3)18-39-36(2,19-43)35(44)45/h5-12,14,16,20,29,39,43H,13,15,17-19H2,1-4H3,(H,38,40)(H,44,45)/t20-,29+,36+/m1/s1. The maximum absolute atomic E-state index is 11.6. The Kier molecular flexibility index (Phi) is 9.54. The number of pyridine rings is 2. The van der Waals surface area contributed by atoms with Gasteiger partial charge in [-0.3, -0.25) is 15.1 Å². The van der Waals surface area contributed by atoms with Crippen molar-refractivity contribution in [3.63, 3.8) is 0 Å². The summed E-state index contributed by atoms with van der Waals surface area (Å²) in [6.07, 6.45) is 1.31. The average molecular weight is 672 g/mol. The number of aromatic nitrogens is 2. The fraction of sp³-hybridized carbons (Fsp3) is 0.333. The summed E-state index contributed by atoms with van der Waals surface area (Å²) in [5, 5.41) is 25.8. The van der Waals surface area contributed by atoms with Gasteiger partial charge in [0.15, 0.2) is 0 Å². The van der Waals surface area contributed by atoms with E-state index in [1.54, 1.807) is 19.2 Å². The summed E-state index contributed by atoms with van der Waals surface area (Å²) < 4.78 is 17.5. The van der Waals surface area contributed by atoms with Crippen LogP contribution in [0.5, 0.6) is 17.6 Å². The van der Waals surface area contributed by atoms with E-state index in [2.05, 4.69) is 39.7 Å². The average Bonchev–Trinajstić information content (AvgIpc) is 3.73. The van der Waals surface area contributed by atoms with Crippen molar-refractivity contribution in [1.29, 1.82) is 0 Å². The van der Waals surface area contributed by atoms with E-state index in [0.29, 0.717) is 40.5 Å². The number of rotatable bonds is 12. The fourth-order valence-electron chi connectivity index (χ4n) is 6.04. The minimum absolute atomic E-state index is 0.132. The molecule has 48 heavy (non-hydrogen) atoms. The van der Waals surface area contributed by atoms with Gasteiger partial charge in [-0.05, 0) is 61.6 Å². The number of nitrogens with one attached hydrogen (secondary N) is 2. The summed E-state index contributed by atoms with van der Waals surface area (Å²) in [7, 11) is 3.10. The van der Waals surface area contributed by atoms with E-state index in [-0.39, 0.29) is 18.7 Å². The number of halogens is 1. The summed E-state index contributed by atoms with van der Waals surface area (Å²) in [6, 6.07) is 19.8. The Hall–Kier alpha value is -4.71. The third kappa shape index (κ3) is 6.41. The van der Waals surface area contributed by atoms with Crippen LogP contribution in [0.25, 0.3) is 22.4 Å². The van der Waals surface area contributed by atoms with Gasteiger partial charge in [-0.25, -0.2) is 4.98 Å². The van der Waals surface area contributed by atoms with E-state index >= 15 is 0 Å². The lowest BCUT2D eigenvalue weighted by Gasteiger charge is -2.24. The molecule has 4 aromatic rings. The minimum atomic E-state index is -1.50. The molecular weight excluding hydrogens is 634 g/mol. The molecule has 2 aromatic carbocycles. The number of benzene rings is 2. The van der Waals surface area contributed by atoms with Gasteiger partial charge >= 0.3 is 5.97 Å². The molecule has 0 bridgehead atoms. The third-order valence-corrected chi connectivity index (χ3v) is 9.23. The van der Waals surface area contributed by atoms with E-state index in [1.165, 1.54) is 14.0 Å². The molecule has 12 heteroatoms. The zero-order valence-electron chi connectivity index (χ0n) is 27.2. The number of hydrogen-bond acceptors (Lipinski definition) is 10. The Morgan fingerprint density at radius 3 is 2.46 bits per heavy atom. The molecule has 0 saturated heterocycles. The number of carboxylic acids is 1. The smallest absolute Gasteiger partial charge is 0.326 e. The topological polar surface area (TPSA) is 147 Å². The highest BCUT2D eigenvalue weighted by molar-refractivity contribution is 6.36. The molecule has 6 rings (SSSR count). The number of aliphatic hydroxyl groups is 1. The molecule has 0 amide bonds. The van der Waals surface area contributed by atoms with Crippen molar-refractivity contribution < 1.29 is 29.2 Å². The number of carbonyl (C=O) groups is 1. The van der Waals surface area contributed by atoms with E-state index in [0.717, 1.165) is 52.1 Å². The largest absolute Gasteiger partial charge is 0.481 e. The number of amidine groups is 1. The van der Waals surface area contributed by atoms with Gasteiger partial charge in [-0.1, -0.05) is 48.0 Å². The van der Waals surface area contributed by atoms with E-state index in [4.69, 9.17) is 30.8 Å². The molecule has 1 aliphatic heterocycles. The van der Waals surface area contributed by atoms with Gasteiger partial charge in [0.25, 0.3) is 0 Å². The SMILES string of the molecule is COc1nc(O[C@H]2CCc3c(-c4cccc(-c5ccc(C6=NC[C@@H](C)N6)c(OC)n5)c4Cl)cccc32)ccc1CN[C@@](C)(CO)C(=O)O. The number of ether oxygens (including phenoxy) is 3. The van der Waals surface area contributed by atoms with Crippen molar-refractivity contribution >= 4 is 23.4 Å². The summed E-state index contributed by atoms with van der Waals surface area (Å²) in [5.41, 5.74) is 5.60. The van der Waals surface area contributed by atoms with Gasteiger partial charge in [0.05, 0.1) is 43.7 Å². The first-order valence-electron chi connectivity index (χ1n) is 15.7. The fourth-order valence-corrected chi connectivity index (χ4v) is 6.36. The zero-order chi connectivity index (χ0) is 34.0. The van der Waals surface area contributed by atoms with Crippen molar-refractivity contribution in [1.82, 2.24) is 20.6 Å². The van der Waals surface area contributed by atoms with Crippen LogP contribution in [-0.2, 0) is 17.8 Å². The highest BCUT2D eigenvalue weighted by Gasteiger charge is 2.32. The normalized spacial score (nSPS) is 18.0. The molecule has 0 saturated carbocycles. The van der Waals surface area contributed by atoms with Crippen LogP contribution in [0.3, 0.4) is 0 Å². The molecule has 2 aromatic heterocycles. The van der Waals surface area contributed by atoms with Crippen LogP contribution in [0.4, 0.5) is 0 Å². The number of aliphatic carboxylic acids is 1. The number of carboxylic acid groups (broad SMARTS) is 1. The van der Waals surface area contributed by atoms with Crippen molar-refractivity contribution in [3.8, 4) is 40.0 Å². The van der Waals surface area contributed by atoms with Crippen molar-refractivity contribution in [2.45, 2.75) is 50.9 Å². The molecule has 3 atom stereocenters. The second-order valence-electron chi connectivity index (χ2n) is 12.1. The Bertz CT molecular complexity index is 1880. The summed E-state index contributed by atoms with van der Waals surface area (Å²) >= 11 is 7.13. The summed E-state index contributed by atoms with van der Waals surface area (Å²) in [5.74, 6) is 0.795. The lowest BCUT2D eigenvalue weighted by atomic mass is 9.94. The molecule has 250 valence electrons. The van der Waals surface area contributed by atoms with Gasteiger partial charge in [-0.15, -0.1) is 0 Å². The van der Waals surface area contributed by atoms with Crippen molar-refractivity contribution in [2.75, 3.05) is 27.4 Å². The van der Waals surface area contributed by atoms with Crippen molar-refractivity contribution in [3.05, 3.63) is 87.9 Å². The van der Waals surface area contributed by atoms with Gasteiger partial charge in [0.2, 0.25) is 17.6 Å². The maximum atomic E-state index is 11.6. The lowest BCUT2D eigenvalue weighted by molar-refractivity contribution is -0.145. The van der Waals surface area contributed by atoms with Crippen molar-refractivity contribution in [2.24, 2.45) is 4.99 Å². The van der Waals surface area contributed by atoms with Crippen LogP contribution in [0.2, 0.25) is 5.02 Å². The second-order valence-corrected chi connectivity index (χ2v) is 12.5.